The number of halogens is 11. The van der Waals surface area contributed by atoms with Gasteiger partial charge >= 0.3 is 29.9 Å². The van der Waals surface area contributed by atoms with Gasteiger partial charge in [0.05, 0.1) is 13.2 Å². The van der Waals surface area contributed by atoms with Crippen molar-refractivity contribution in [1.82, 2.24) is 0 Å². The van der Waals surface area contributed by atoms with Crippen molar-refractivity contribution < 1.29 is 57.8 Å². The maximum absolute atomic E-state index is 13.9. The van der Waals surface area contributed by atoms with Crippen molar-refractivity contribution in [3.8, 4) is 5.75 Å². The highest BCUT2D eigenvalue weighted by Gasteiger charge is 2.87. The van der Waals surface area contributed by atoms with E-state index in [2.05, 4.69) is 4.74 Å². The lowest BCUT2D eigenvalue weighted by atomic mass is 9.92. The van der Waals surface area contributed by atoms with Gasteiger partial charge in [0.15, 0.2) is 0 Å². The first-order valence-corrected chi connectivity index (χ1v) is 7.21. The first-order chi connectivity index (χ1) is 12.5. The topological polar surface area (TPSA) is 18.5 Å². The summed E-state index contributed by atoms with van der Waals surface area (Å²) in [5, 5.41) is 0. The second kappa shape index (κ2) is 7.56. The van der Waals surface area contributed by atoms with E-state index in [0.29, 0.717) is 7.11 Å². The molecule has 0 saturated heterocycles. The summed E-state index contributed by atoms with van der Waals surface area (Å²) in [4.78, 5) is 0. The molecule has 1 aromatic carbocycles. The Morgan fingerprint density at radius 1 is 0.750 bits per heavy atom. The zero-order chi connectivity index (χ0) is 22.2. The van der Waals surface area contributed by atoms with Crippen molar-refractivity contribution in [3.05, 3.63) is 29.8 Å². The zero-order valence-electron chi connectivity index (χ0n) is 14.1. The van der Waals surface area contributed by atoms with Gasteiger partial charge in [-0.3, -0.25) is 0 Å². The second-order valence-electron chi connectivity index (χ2n) is 5.60. The van der Waals surface area contributed by atoms with E-state index >= 15 is 0 Å². The van der Waals surface area contributed by atoms with E-state index in [1.165, 1.54) is 18.2 Å². The van der Waals surface area contributed by atoms with Crippen LogP contribution >= 0.6 is 0 Å². The Morgan fingerprint density at radius 2 is 1.25 bits per heavy atom. The van der Waals surface area contributed by atoms with Crippen molar-refractivity contribution in [2.24, 2.45) is 0 Å². The molecule has 0 spiro atoms. The van der Waals surface area contributed by atoms with Crippen molar-refractivity contribution >= 4 is 0 Å². The lowest BCUT2D eigenvalue weighted by Crippen LogP contribution is -2.66. The first-order valence-electron chi connectivity index (χ1n) is 7.21. The summed E-state index contributed by atoms with van der Waals surface area (Å²) in [5.41, 5.74) is -0.339. The van der Waals surface area contributed by atoms with E-state index in [9.17, 15) is 48.3 Å². The maximum Gasteiger partial charge on any atom is 0.460 e. The molecule has 1 unspecified atom stereocenters. The van der Waals surface area contributed by atoms with Crippen molar-refractivity contribution in [2.45, 2.75) is 42.4 Å². The molecule has 0 aliphatic heterocycles. The Bertz CT molecular complexity index is 670. The summed E-state index contributed by atoms with van der Waals surface area (Å²) in [7, 11) is 1.77. The molecule has 0 N–H and O–H groups in total. The molecule has 0 radical (unpaired) electrons. The standard InChI is InChI=1S/C15H13F11O2/c1-27-9-6-4-3-5-8(9)10(28-2)7-11(16,17)12(18,19)13(20,21)14(22,23)15(24,25)26/h3-6,10H,7H2,1-2H3. The van der Waals surface area contributed by atoms with Crippen LogP contribution in [0.15, 0.2) is 24.3 Å². The van der Waals surface area contributed by atoms with Crippen LogP contribution in [0.3, 0.4) is 0 Å². The van der Waals surface area contributed by atoms with E-state index in [-0.39, 0.29) is 11.3 Å². The summed E-state index contributed by atoms with van der Waals surface area (Å²) >= 11 is 0. The third-order valence-electron chi connectivity index (χ3n) is 3.82. The Kier molecular flexibility index (Phi) is 6.55. The molecule has 13 heteroatoms. The SMILES string of the molecule is COc1ccccc1C(CC(F)(F)C(F)(F)C(F)(F)C(F)(F)C(F)(F)F)OC. The quantitative estimate of drug-likeness (QED) is 0.476. The lowest BCUT2D eigenvalue weighted by molar-refractivity contribution is -0.423. The minimum absolute atomic E-state index is 0.194. The maximum atomic E-state index is 13.9. The van der Waals surface area contributed by atoms with E-state index < -0.39 is 42.4 Å². The van der Waals surface area contributed by atoms with E-state index in [0.717, 1.165) is 13.2 Å². The van der Waals surface area contributed by atoms with Crippen LogP contribution in [0.2, 0.25) is 0 Å². The fourth-order valence-electron chi connectivity index (χ4n) is 2.22. The highest BCUT2D eigenvalue weighted by molar-refractivity contribution is 5.35. The molecule has 162 valence electrons. The van der Waals surface area contributed by atoms with Crippen LogP contribution in [0.25, 0.3) is 0 Å². The fourth-order valence-corrected chi connectivity index (χ4v) is 2.22. The van der Waals surface area contributed by atoms with Crippen molar-refractivity contribution in [1.29, 1.82) is 0 Å². The molecule has 1 rings (SSSR count). The molecular weight excluding hydrogens is 421 g/mol. The molecule has 0 aliphatic rings. The molecule has 0 bridgehead atoms. The molecule has 1 aromatic rings. The van der Waals surface area contributed by atoms with Crippen LogP contribution in [-0.2, 0) is 4.74 Å². The monoisotopic (exact) mass is 434 g/mol. The first kappa shape index (κ1) is 24.2. The van der Waals surface area contributed by atoms with Crippen molar-refractivity contribution in [3.63, 3.8) is 0 Å². The summed E-state index contributed by atoms with van der Waals surface area (Å²) < 4.78 is 153. The van der Waals surface area contributed by atoms with E-state index in [4.69, 9.17) is 4.74 Å². The zero-order valence-corrected chi connectivity index (χ0v) is 14.1. The summed E-state index contributed by atoms with van der Waals surface area (Å²) in [5.74, 6) is -28.1. The highest BCUT2D eigenvalue weighted by Crippen LogP contribution is 2.58. The smallest absolute Gasteiger partial charge is 0.460 e. The van der Waals surface area contributed by atoms with Crippen LogP contribution in [0.4, 0.5) is 48.3 Å². The minimum Gasteiger partial charge on any atom is -0.496 e. The number of alkyl halides is 11. The van der Waals surface area contributed by atoms with Crippen molar-refractivity contribution in [2.75, 3.05) is 14.2 Å². The number of hydrogen-bond acceptors (Lipinski definition) is 2. The van der Waals surface area contributed by atoms with Gasteiger partial charge in [0.25, 0.3) is 0 Å². The number of methoxy groups -OCH3 is 2. The summed E-state index contributed by atoms with van der Waals surface area (Å²) in [6.45, 7) is 0. The lowest BCUT2D eigenvalue weighted by Gasteiger charge is -2.38. The fraction of sp³-hybridized carbons (Fsp3) is 0.600. The Balaban J connectivity index is 3.35. The van der Waals surface area contributed by atoms with Gasteiger partial charge in [-0.1, -0.05) is 18.2 Å². The van der Waals surface area contributed by atoms with E-state index in [1.54, 1.807) is 0 Å². The highest BCUT2D eigenvalue weighted by atomic mass is 19.4. The van der Waals surface area contributed by atoms with Crippen LogP contribution in [0.5, 0.6) is 5.75 Å². The number of hydrogen-bond donors (Lipinski definition) is 0. The molecule has 1 atom stereocenters. The Morgan fingerprint density at radius 3 is 1.68 bits per heavy atom. The van der Waals surface area contributed by atoms with Gasteiger partial charge in [0.1, 0.15) is 5.75 Å². The largest absolute Gasteiger partial charge is 0.496 e. The van der Waals surface area contributed by atoms with Gasteiger partial charge in [-0.25, -0.2) is 0 Å². The molecule has 28 heavy (non-hydrogen) atoms. The van der Waals surface area contributed by atoms with Gasteiger partial charge < -0.3 is 9.47 Å². The Hall–Kier alpha value is -1.79. The molecule has 2 nitrogen and oxygen atoms in total. The molecule has 0 saturated carbocycles. The average Bonchev–Trinajstić information content (AvgIpc) is 2.58. The number of rotatable bonds is 8. The van der Waals surface area contributed by atoms with Crippen LogP contribution in [0, 0.1) is 0 Å². The number of ether oxygens (including phenoxy) is 2. The summed E-state index contributed by atoms with van der Waals surface area (Å²) in [6.07, 6.45) is -11.6. The summed E-state index contributed by atoms with van der Waals surface area (Å²) in [6, 6.07) is 4.75. The predicted octanol–water partition coefficient (Wildman–Crippen LogP) is 5.88. The Labute approximate surface area is 151 Å². The van der Waals surface area contributed by atoms with Gasteiger partial charge in [0, 0.05) is 19.1 Å². The van der Waals surface area contributed by atoms with Gasteiger partial charge in [0.2, 0.25) is 0 Å². The molecule has 0 fully saturated rings. The second-order valence-corrected chi connectivity index (χ2v) is 5.60. The molecule has 0 amide bonds. The van der Waals surface area contributed by atoms with Gasteiger partial charge in [-0.05, 0) is 6.07 Å². The van der Waals surface area contributed by atoms with Crippen LogP contribution < -0.4 is 4.74 Å². The normalized spacial score (nSPS) is 15.5. The van der Waals surface area contributed by atoms with Gasteiger partial charge in [-0.2, -0.15) is 48.3 Å². The third kappa shape index (κ3) is 3.85. The average molecular weight is 434 g/mol. The van der Waals surface area contributed by atoms with E-state index in [1.807, 2.05) is 0 Å². The molecule has 0 aromatic heterocycles. The third-order valence-corrected chi connectivity index (χ3v) is 3.82. The number of para-hydroxylation sites is 1. The molecule has 0 heterocycles. The molecular formula is C15H13F11O2. The predicted molar refractivity (Wildman–Crippen MR) is 73.2 cm³/mol. The minimum atomic E-state index is -7.44. The molecule has 0 aliphatic carbocycles. The van der Waals surface area contributed by atoms with Crippen LogP contribution in [0.1, 0.15) is 18.1 Å². The van der Waals surface area contributed by atoms with Gasteiger partial charge in [-0.15, -0.1) is 0 Å². The number of benzene rings is 1. The van der Waals surface area contributed by atoms with Crippen LogP contribution in [-0.4, -0.2) is 44.1 Å².